The van der Waals surface area contributed by atoms with E-state index in [1.54, 1.807) is 0 Å². The standard InChI is InChI=1S/C5H5N/c1-2-6-3-5(1)4-6/h1-3H,4H2. The molecule has 1 heteroatoms. The number of rotatable bonds is 0. The van der Waals surface area contributed by atoms with Crippen LogP contribution in [-0.2, 0) is 6.54 Å². The summed E-state index contributed by atoms with van der Waals surface area (Å²) in [6.07, 6.45) is 4.23. The summed E-state index contributed by atoms with van der Waals surface area (Å²) < 4.78 is 2.16. The Morgan fingerprint density at radius 1 is 1.67 bits per heavy atom. The Balaban J connectivity index is 2.95. The van der Waals surface area contributed by atoms with E-state index < -0.39 is 0 Å². The normalized spacial score (nSPS) is 14.0. The van der Waals surface area contributed by atoms with E-state index in [1.165, 1.54) is 12.1 Å². The van der Waals surface area contributed by atoms with Gasteiger partial charge in [-0.1, -0.05) is 0 Å². The van der Waals surface area contributed by atoms with E-state index in [0.717, 1.165) is 0 Å². The van der Waals surface area contributed by atoms with E-state index in [1.807, 2.05) is 0 Å². The molecule has 1 aromatic rings. The van der Waals surface area contributed by atoms with Crippen LogP contribution < -0.4 is 0 Å². The van der Waals surface area contributed by atoms with Gasteiger partial charge in [0.25, 0.3) is 0 Å². The highest BCUT2D eigenvalue weighted by Gasteiger charge is 2.04. The summed E-state index contributed by atoms with van der Waals surface area (Å²) >= 11 is 0. The Morgan fingerprint density at radius 2 is 2.50 bits per heavy atom. The minimum atomic E-state index is 1.17. The van der Waals surface area contributed by atoms with Gasteiger partial charge in [-0.25, -0.2) is 0 Å². The van der Waals surface area contributed by atoms with Crippen LogP contribution in [0.3, 0.4) is 0 Å². The summed E-state index contributed by atoms with van der Waals surface area (Å²) in [5.41, 5.74) is 1.47. The third kappa shape index (κ3) is 0.113. The molecule has 1 aromatic heterocycles. The fraction of sp³-hybridized carbons (Fsp3) is 0.200. The molecular weight excluding hydrogens is 74.1 g/mol. The average Bonchev–Trinajstić information content (AvgIpc) is 1.72. The van der Waals surface area contributed by atoms with E-state index in [9.17, 15) is 0 Å². The highest BCUT2D eigenvalue weighted by Crippen LogP contribution is 2.12. The number of hydrogen-bond acceptors (Lipinski definition) is 0. The van der Waals surface area contributed by atoms with Crippen molar-refractivity contribution < 1.29 is 0 Å². The summed E-state index contributed by atoms with van der Waals surface area (Å²) in [4.78, 5) is 0. The molecule has 0 saturated carbocycles. The summed E-state index contributed by atoms with van der Waals surface area (Å²) in [5, 5.41) is 0. The van der Waals surface area contributed by atoms with Crippen LogP contribution in [0.15, 0.2) is 18.5 Å². The monoisotopic (exact) mass is 79.0 g/mol. The van der Waals surface area contributed by atoms with Gasteiger partial charge in [0.1, 0.15) is 0 Å². The minimum absolute atomic E-state index is 1.17. The van der Waals surface area contributed by atoms with Gasteiger partial charge in [-0.2, -0.15) is 0 Å². The summed E-state index contributed by atoms with van der Waals surface area (Å²) in [6.45, 7) is 1.17. The predicted octanol–water partition coefficient (Wildman–Crippen LogP) is 0.850. The smallest absolute Gasteiger partial charge is 0.0485 e. The fourth-order valence-electron chi connectivity index (χ4n) is 0.781. The Morgan fingerprint density at radius 3 is 2.67 bits per heavy atom. The van der Waals surface area contributed by atoms with Crippen molar-refractivity contribution in [2.45, 2.75) is 6.54 Å². The van der Waals surface area contributed by atoms with Crippen molar-refractivity contribution in [3.63, 3.8) is 0 Å². The maximum absolute atomic E-state index is 2.16. The fourth-order valence-corrected chi connectivity index (χ4v) is 0.781. The first kappa shape index (κ1) is 2.45. The third-order valence-corrected chi connectivity index (χ3v) is 1.18. The second-order valence-corrected chi connectivity index (χ2v) is 1.69. The first-order valence-electron chi connectivity index (χ1n) is 2.10. The largest absolute Gasteiger partial charge is 0.349 e. The lowest BCUT2D eigenvalue weighted by atomic mass is 10.3. The van der Waals surface area contributed by atoms with Crippen LogP contribution in [0, 0.1) is 0 Å². The molecule has 6 heavy (non-hydrogen) atoms. The Hall–Kier alpha value is -0.720. The maximum Gasteiger partial charge on any atom is 0.0485 e. The predicted molar refractivity (Wildman–Crippen MR) is 23.5 cm³/mol. The van der Waals surface area contributed by atoms with Crippen molar-refractivity contribution in [2.24, 2.45) is 0 Å². The van der Waals surface area contributed by atoms with Gasteiger partial charge in [0.05, 0.1) is 0 Å². The van der Waals surface area contributed by atoms with E-state index in [-0.39, 0.29) is 0 Å². The Bertz CT molecular complexity index is 140. The molecule has 0 unspecified atom stereocenters. The topological polar surface area (TPSA) is 4.93 Å². The summed E-state index contributed by atoms with van der Waals surface area (Å²) in [6, 6.07) is 2.14. The molecule has 2 aliphatic rings. The van der Waals surface area contributed by atoms with Crippen molar-refractivity contribution >= 4 is 0 Å². The summed E-state index contributed by atoms with van der Waals surface area (Å²) in [7, 11) is 0. The molecule has 0 spiro atoms. The number of aromatic nitrogens is 1. The van der Waals surface area contributed by atoms with Crippen LogP contribution in [0.4, 0.5) is 0 Å². The van der Waals surface area contributed by atoms with Crippen LogP contribution >= 0.6 is 0 Å². The minimum Gasteiger partial charge on any atom is -0.349 e. The van der Waals surface area contributed by atoms with Crippen LogP contribution in [0.5, 0.6) is 0 Å². The molecule has 0 aromatic carbocycles. The molecule has 3 rings (SSSR count). The molecule has 0 radical (unpaired) electrons. The zero-order chi connectivity index (χ0) is 3.98. The first-order chi connectivity index (χ1) is 2.95. The first-order valence-corrected chi connectivity index (χ1v) is 2.10. The molecule has 0 aliphatic carbocycles. The van der Waals surface area contributed by atoms with Gasteiger partial charge in [0.15, 0.2) is 0 Å². The summed E-state index contributed by atoms with van der Waals surface area (Å²) in [5.74, 6) is 0. The second kappa shape index (κ2) is 0.535. The van der Waals surface area contributed by atoms with Gasteiger partial charge in [0, 0.05) is 18.9 Å². The highest BCUT2D eigenvalue weighted by atomic mass is 15.0. The maximum atomic E-state index is 2.16. The Kier molecular flexibility index (Phi) is 0.219. The quantitative estimate of drug-likeness (QED) is 0.441. The van der Waals surface area contributed by atoms with Crippen LogP contribution in [0.1, 0.15) is 5.56 Å². The number of fused-ring (bicyclic) bond motifs is 1. The van der Waals surface area contributed by atoms with E-state index in [4.69, 9.17) is 0 Å². The number of hydrogen-bond donors (Lipinski definition) is 0. The lowest BCUT2D eigenvalue weighted by Gasteiger charge is -2.04. The van der Waals surface area contributed by atoms with E-state index in [0.29, 0.717) is 0 Å². The van der Waals surface area contributed by atoms with Crippen molar-refractivity contribution in [1.29, 1.82) is 0 Å². The molecule has 3 heterocycles. The van der Waals surface area contributed by atoms with Gasteiger partial charge in [0.2, 0.25) is 0 Å². The lowest BCUT2D eigenvalue weighted by Crippen LogP contribution is -2.00. The van der Waals surface area contributed by atoms with Crippen molar-refractivity contribution in [1.82, 2.24) is 4.57 Å². The molecule has 2 aliphatic heterocycles. The zero-order valence-electron chi connectivity index (χ0n) is 3.39. The van der Waals surface area contributed by atoms with E-state index >= 15 is 0 Å². The van der Waals surface area contributed by atoms with Gasteiger partial charge in [-0.3, -0.25) is 0 Å². The SMILES string of the molecule is c1cn2cc1C2. The zero-order valence-corrected chi connectivity index (χ0v) is 3.39. The van der Waals surface area contributed by atoms with Gasteiger partial charge in [-0.05, 0) is 11.6 Å². The van der Waals surface area contributed by atoms with Crippen LogP contribution in [0.25, 0.3) is 0 Å². The highest BCUT2D eigenvalue weighted by molar-refractivity contribution is 5.19. The van der Waals surface area contributed by atoms with Gasteiger partial charge in [-0.15, -0.1) is 0 Å². The van der Waals surface area contributed by atoms with Crippen LogP contribution in [-0.4, -0.2) is 4.57 Å². The van der Waals surface area contributed by atoms with Crippen molar-refractivity contribution in [3.05, 3.63) is 24.0 Å². The molecule has 1 nitrogen and oxygen atoms in total. The number of nitrogens with zero attached hydrogens (tertiary/aromatic N) is 1. The average molecular weight is 79.1 g/mol. The molecule has 0 N–H and O–H groups in total. The molecule has 0 atom stereocenters. The lowest BCUT2D eigenvalue weighted by molar-refractivity contribution is 0.751. The van der Waals surface area contributed by atoms with Crippen molar-refractivity contribution in [2.75, 3.05) is 0 Å². The molecule has 0 saturated heterocycles. The van der Waals surface area contributed by atoms with Crippen LogP contribution in [0.2, 0.25) is 0 Å². The second-order valence-electron chi connectivity index (χ2n) is 1.69. The molecule has 0 fully saturated rings. The third-order valence-electron chi connectivity index (χ3n) is 1.18. The molecule has 0 amide bonds. The van der Waals surface area contributed by atoms with Crippen molar-refractivity contribution in [3.8, 4) is 0 Å². The molecular formula is C5H5N. The Labute approximate surface area is 36.2 Å². The van der Waals surface area contributed by atoms with Gasteiger partial charge < -0.3 is 4.57 Å². The molecule has 2 bridgehead atoms. The van der Waals surface area contributed by atoms with E-state index in [2.05, 4.69) is 23.0 Å². The van der Waals surface area contributed by atoms with Gasteiger partial charge >= 0.3 is 0 Å². The molecule has 30 valence electrons.